The lowest BCUT2D eigenvalue weighted by molar-refractivity contribution is -0.145. The maximum atomic E-state index is 14.0. The highest BCUT2D eigenvalue weighted by Crippen LogP contribution is 2.45. The number of amides is 3. The molecule has 3 heterocycles. The third-order valence-electron chi connectivity index (χ3n) is 10.2. The Labute approximate surface area is 278 Å². The standard InChI is InChI=1S/C35H44N4O9/c1-20-27(46-2)14-13-25-28(17-29(40)37-31(20)25)47-24-16-26-32(42)38-35(33(43)44)18-21(35)9-5-3-4-6-10-22(15-30(41)39(26)19-24)36-34(45)48-23-11-7-8-12-23/h5,9,13-14,17,21-24,26H,3-4,6-8,10-12,15-16,18-19H2,1-2H3,(H,36,45)(H,37,40)(H,38,42)(H,43,44)/b9-5-/t21-,22-,24+,26-,35+/m0/s1. The fraction of sp³-hybridized carbons (Fsp3) is 0.571. The number of hydrogen-bond donors (Lipinski definition) is 4. The number of H-pyrrole nitrogens is 1. The van der Waals surface area contributed by atoms with Crippen LogP contribution in [0.25, 0.3) is 10.9 Å². The number of hydrogen-bond acceptors (Lipinski definition) is 8. The summed E-state index contributed by atoms with van der Waals surface area (Å²) in [5, 5.41) is 16.4. The Morgan fingerprint density at radius 2 is 1.81 bits per heavy atom. The number of nitrogens with zero attached hydrogens (tertiary/aromatic N) is 1. The molecule has 1 aromatic heterocycles. The number of benzene rings is 1. The van der Waals surface area contributed by atoms with E-state index in [1.807, 2.05) is 19.1 Å². The summed E-state index contributed by atoms with van der Waals surface area (Å²) in [6.07, 6.45) is 9.16. The molecule has 2 aliphatic carbocycles. The quantitative estimate of drug-likeness (QED) is 0.336. The van der Waals surface area contributed by atoms with Gasteiger partial charge in [-0.25, -0.2) is 9.59 Å². The number of ether oxygens (including phenoxy) is 3. The Hall–Kier alpha value is -4.55. The number of nitrogens with one attached hydrogen (secondary N) is 3. The van der Waals surface area contributed by atoms with E-state index in [4.69, 9.17) is 14.2 Å². The fourth-order valence-corrected chi connectivity index (χ4v) is 7.41. The van der Waals surface area contributed by atoms with Gasteiger partial charge in [-0.1, -0.05) is 18.6 Å². The first-order valence-electron chi connectivity index (χ1n) is 16.9. The summed E-state index contributed by atoms with van der Waals surface area (Å²) < 4.78 is 17.4. The number of methoxy groups -OCH3 is 1. The zero-order valence-electron chi connectivity index (χ0n) is 27.4. The number of rotatable bonds is 6. The molecule has 0 spiro atoms. The van der Waals surface area contributed by atoms with Crippen LogP contribution in [0.5, 0.6) is 11.5 Å². The summed E-state index contributed by atoms with van der Waals surface area (Å²) in [4.78, 5) is 70.0. The Balaban J connectivity index is 1.26. The molecule has 3 fully saturated rings. The molecule has 2 saturated carbocycles. The molecule has 0 bridgehead atoms. The Morgan fingerprint density at radius 1 is 1.04 bits per heavy atom. The number of carboxylic acid groups (broad SMARTS) is 1. The van der Waals surface area contributed by atoms with Gasteiger partial charge in [0.05, 0.1) is 19.2 Å². The van der Waals surface area contributed by atoms with E-state index in [1.165, 1.54) is 11.0 Å². The first-order valence-corrected chi connectivity index (χ1v) is 16.9. The highest BCUT2D eigenvalue weighted by atomic mass is 16.6. The second-order valence-corrected chi connectivity index (χ2v) is 13.5. The summed E-state index contributed by atoms with van der Waals surface area (Å²) in [5.41, 5.74) is -0.545. The Kier molecular flexibility index (Phi) is 9.66. The van der Waals surface area contributed by atoms with Crippen molar-refractivity contribution in [3.05, 3.63) is 46.3 Å². The molecule has 6 rings (SSSR count). The van der Waals surface area contributed by atoms with E-state index in [2.05, 4.69) is 15.6 Å². The van der Waals surface area contributed by atoms with Crippen LogP contribution in [0.15, 0.2) is 35.1 Å². The summed E-state index contributed by atoms with van der Waals surface area (Å²) in [7, 11) is 1.54. The maximum Gasteiger partial charge on any atom is 0.407 e. The number of carbonyl (C=O) groups is 4. The minimum absolute atomic E-state index is 0.0307. The molecular weight excluding hydrogens is 620 g/mol. The molecule has 5 atom stereocenters. The van der Waals surface area contributed by atoms with Gasteiger partial charge in [0.25, 0.3) is 5.56 Å². The number of aliphatic carboxylic acids is 1. The van der Waals surface area contributed by atoms with Gasteiger partial charge < -0.3 is 39.8 Å². The van der Waals surface area contributed by atoms with E-state index in [0.717, 1.165) is 44.1 Å². The van der Waals surface area contributed by atoms with Crippen LogP contribution in [0.2, 0.25) is 0 Å². The van der Waals surface area contributed by atoms with Crippen molar-refractivity contribution in [3.8, 4) is 11.5 Å². The van der Waals surface area contributed by atoms with Gasteiger partial charge in [0.1, 0.15) is 35.3 Å². The molecule has 2 aromatic rings. The molecule has 13 heteroatoms. The molecule has 2 aliphatic heterocycles. The molecule has 48 heavy (non-hydrogen) atoms. The Bertz CT molecular complexity index is 1670. The number of aryl methyl sites for hydroxylation is 1. The molecule has 0 radical (unpaired) electrons. The number of carboxylic acids is 1. The largest absolute Gasteiger partial charge is 0.496 e. The summed E-state index contributed by atoms with van der Waals surface area (Å²) in [5.74, 6) is -1.53. The summed E-state index contributed by atoms with van der Waals surface area (Å²) >= 11 is 0. The predicted octanol–water partition coefficient (Wildman–Crippen LogP) is 3.71. The van der Waals surface area contributed by atoms with E-state index in [1.54, 1.807) is 19.2 Å². The van der Waals surface area contributed by atoms with Gasteiger partial charge in [0, 0.05) is 41.8 Å². The summed E-state index contributed by atoms with van der Waals surface area (Å²) in [6, 6.07) is 3.35. The molecule has 3 amide bonds. The molecule has 13 nitrogen and oxygen atoms in total. The predicted molar refractivity (Wildman–Crippen MR) is 175 cm³/mol. The third-order valence-corrected chi connectivity index (χ3v) is 10.2. The zero-order chi connectivity index (χ0) is 34.0. The van der Waals surface area contributed by atoms with Gasteiger partial charge in [-0.3, -0.25) is 14.4 Å². The third kappa shape index (κ3) is 7.00. The average Bonchev–Trinajstić information content (AvgIpc) is 3.33. The highest BCUT2D eigenvalue weighted by molar-refractivity contribution is 5.95. The van der Waals surface area contributed by atoms with Crippen molar-refractivity contribution >= 4 is 34.8 Å². The normalized spacial score (nSPS) is 28.8. The monoisotopic (exact) mass is 664 g/mol. The molecule has 1 aromatic carbocycles. The van der Waals surface area contributed by atoms with Crippen molar-refractivity contribution in [2.45, 2.75) is 107 Å². The number of allylic oxidation sites excluding steroid dienone is 1. The highest BCUT2D eigenvalue weighted by Gasteiger charge is 2.61. The minimum atomic E-state index is -1.44. The van der Waals surface area contributed by atoms with E-state index in [-0.39, 0.29) is 49.3 Å². The summed E-state index contributed by atoms with van der Waals surface area (Å²) in [6.45, 7) is 1.85. The van der Waals surface area contributed by atoms with Crippen molar-refractivity contribution in [2.24, 2.45) is 5.92 Å². The molecule has 258 valence electrons. The van der Waals surface area contributed by atoms with E-state index in [9.17, 15) is 29.1 Å². The van der Waals surface area contributed by atoms with Crippen LogP contribution in [0.4, 0.5) is 4.79 Å². The molecule has 0 unspecified atom stereocenters. The number of aromatic nitrogens is 1. The molecule has 1 saturated heterocycles. The van der Waals surface area contributed by atoms with Crippen molar-refractivity contribution < 1.29 is 38.5 Å². The number of alkyl carbamates (subject to hydrolysis) is 1. The van der Waals surface area contributed by atoms with Crippen molar-refractivity contribution in [2.75, 3.05) is 13.7 Å². The van der Waals surface area contributed by atoms with Crippen LogP contribution in [0, 0.1) is 12.8 Å². The maximum absolute atomic E-state index is 14.0. The van der Waals surface area contributed by atoms with E-state index in [0.29, 0.717) is 35.2 Å². The van der Waals surface area contributed by atoms with Crippen LogP contribution >= 0.6 is 0 Å². The second-order valence-electron chi connectivity index (χ2n) is 13.5. The zero-order valence-corrected chi connectivity index (χ0v) is 27.4. The van der Waals surface area contributed by atoms with Crippen LogP contribution in [-0.4, -0.2) is 82.4 Å². The van der Waals surface area contributed by atoms with Gasteiger partial charge in [0.15, 0.2) is 0 Å². The van der Waals surface area contributed by atoms with Gasteiger partial charge in [0.2, 0.25) is 11.8 Å². The second kappa shape index (κ2) is 13.9. The van der Waals surface area contributed by atoms with E-state index >= 15 is 0 Å². The smallest absolute Gasteiger partial charge is 0.407 e. The lowest BCUT2D eigenvalue weighted by atomic mass is 10.0. The van der Waals surface area contributed by atoms with E-state index < -0.39 is 41.7 Å². The molecule has 4 aliphatic rings. The van der Waals surface area contributed by atoms with Gasteiger partial charge in [-0.2, -0.15) is 0 Å². The Morgan fingerprint density at radius 3 is 2.56 bits per heavy atom. The molecular formula is C35H44N4O9. The lowest BCUT2D eigenvalue weighted by Gasteiger charge is -2.27. The van der Waals surface area contributed by atoms with Gasteiger partial charge >= 0.3 is 12.1 Å². The lowest BCUT2D eigenvalue weighted by Crippen LogP contribution is -2.53. The van der Waals surface area contributed by atoms with Gasteiger partial charge in [-0.05, 0) is 70.4 Å². The first kappa shape index (κ1) is 33.4. The van der Waals surface area contributed by atoms with Crippen molar-refractivity contribution in [3.63, 3.8) is 0 Å². The SMILES string of the molecule is COc1ccc2c(O[C@@H]3C[C@H]4C(=O)N[C@]5(C(=O)O)C[C@@H]5/C=C\CCCC[C@H](NC(=O)OC5CCCC5)CC(=O)N4C3)cc(=O)[nH]c2c1C. The average molecular weight is 665 g/mol. The minimum Gasteiger partial charge on any atom is -0.496 e. The fourth-order valence-electron chi connectivity index (χ4n) is 7.41. The van der Waals surface area contributed by atoms with Crippen molar-refractivity contribution in [1.29, 1.82) is 0 Å². The number of carbonyl (C=O) groups excluding carboxylic acids is 3. The number of fused-ring (bicyclic) bond motifs is 3. The topological polar surface area (TPSA) is 176 Å². The first-order chi connectivity index (χ1) is 23.1. The number of aromatic amines is 1. The number of pyridine rings is 1. The van der Waals surface area contributed by atoms with Crippen LogP contribution in [0.1, 0.15) is 76.2 Å². The van der Waals surface area contributed by atoms with Gasteiger partial charge in [-0.15, -0.1) is 0 Å². The van der Waals surface area contributed by atoms with Crippen molar-refractivity contribution in [1.82, 2.24) is 20.5 Å². The van der Waals surface area contributed by atoms with Crippen LogP contribution in [0.3, 0.4) is 0 Å². The van der Waals surface area contributed by atoms with Crippen LogP contribution in [-0.2, 0) is 19.1 Å². The molecule has 4 N–H and O–H groups in total. The van der Waals surface area contributed by atoms with Crippen LogP contribution < -0.4 is 25.7 Å².